The molecule has 0 amide bonds. The highest BCUT2D eigenvalue weighted by molar-refractivity contribution is 7.68. The van der Waals surface area contributed by atoms with Crippen molar-refractivity contribution in [3.63, 3.8) is 0 Å². The van der Waals surface area contributed by atoms with Gasteiger partial charge in [-0.2, -0.15) is 8.62 Å². The van der Waals surface area contributed by atoms with Crippen molar-refractivity contribution in [3.05, 3.63) is 51.5 Å². The maximum Gasteiger partial charge on any atom is 0.489 e. The highest BCUT2D eigenvalue weighted by Gasteiger charge is 2.47. The average Bonchev–Trinajstić information content (AvgIpc) is 3.40. The second-order valence-corrected chi connectivity index (χ2v) is 12.9. The minimum Gasteiger partial charge on any atom is -0.387 e. The van der Waals surface area contributed by atoms with E-state index in [0.717, 1.165) is 23.0 Å². The number of nitrogens with two attached hydrogens (primary N) is 1. The molecule has 4 rings (SSSR count). The first kappa shape index (κ1) is 32.2. The molecule has 3 heterocycles. The summed E-state index contributed by atoms with van der Waals surface area (Å²) in [5.41, 5.74) is 22.9. The first-order valence-corrected chi connectivity index (χ1v) is 15.8. The number of anilines is 2. The molecule has 0 aliphatic carbocycles. The van der Waals surface area contributed by atoms with E-state index in [-0.39, 0.29) is 28.4 Å². The van der Waals surface area contributed by atoms with Crippen LogP contribution in [-0.2, 0) is 31.6 Å². The van der Waals surface area contributed by atoms with Crippen molar-refractivity contribution in [2.24, 2.45) is 10.2 Å². The van der Waals surface area contributed by atoms with E-state index in [1.807, 2.05) is 5.09 Å². The van der Waals surface area contributed by atoms with Gasteiger partial charge in [0.1, 0.15) is 24.6 Å². The van der Waals surface area contributed by atoms with E-state index in [4.69, 9.17) is 21.5 Å². The van der Waals surface area contributed by atoms with Gasteiger partial charge in [-0.05, 0) is 28.3 Å². The van der Waals surface area contributed by atoms with Gasteiger partial charge < -0.3 is 35.4 Å². The van der Waals surface area contributed by atoms with Gasteiger partial charge in [-0.3, -0.25) is 14.2 Å². The molecule has 7 atom stereocenters. The minimum atomic E-state index is -5.80. The number of imidazole rings is 1. The molecule has 230 valence electrons. The van der Waals surface area contributed by atoms with Crippen LogP contribution in [0.2, 0.25) is 0 Å². The molecule has 3 unspecified atom stereocenters. The van der Waals surface area contributed by atoms with Crippen molar-refractivity contribution in [2.75, 3.05) is 17.4 Å². The van der Waals surface area contributed by atoms with Crippen molar-refractivity contribution < 1.29 is 56.5 Å². The number of azide groups is 2. The second kappa shape index (κ2) is 12.5. The number of nitrogen functional groups attached to an aromatic ring is 1. The number of nitrogens with one attached hydrogen (secondary N) is 1. The van der Waals surface area contributed by atoms with Crippen LogP contribution in [-0.4, -0.2) is 69.3 Å². The van der Waals surface area contributed by atoms with Gasteiger partial charge in [-0.25, -0.2) is 28.6 Å². The number of phosphoric ester groups is 1. The lowest BCUT2D eigenvalue weighted by Gasteiger charge is -2.21. The van der Waals surface area contributed by atoms with Crippen LogP contribution in [0, 0.1) is 0 Å². The highest BCUT2D eigenvalue weighted by atomic mass is 31.3. The van der Waals surface area contributed by atoms with E-state index >= 15 is 0 Å². The van der Waals surface area contributed by atoms with E-state index in [1.165, 1.54) is 12.1 Å². The molecule has 0 radical (unpaired) electrons. The largest absolute Gasteiger partial charge is 0.489 e. The molecule has 43 heavy (non-hydrogen) atoms. The Morgan fingerprint density at radius 2 is 1.70 bits per heavy atom. The predicted molar refractivity (Wildman–Crippen MR) is 141 cm³/mol. The molecule has 3 aromatic rings. The first-order chi connectivity index (χ1) is 20.1. The van der Waals surface area contributed by atoms with Gasteiger partial charge in [-0.1, -0.05) is 17.2 Å². The summed E-state index contributed by atoms with van der Waals surface area (Å²) < 4.78 is 56.0. The number of hydrogen-bond donors (Lipinski definition) is 7. The Kier molecular flexibility index (Phi) is 9.38. The zero-order valence-electron chi connectivity index (χ0n) is 20.9. The smallest absolute Gasteiger partial charge is 0.387 e. The molecule has 1 fully saturated rings. The number of aromatic nitrogens is 4. The Hall–Kier alpha value is -3.68. The molecule has 0 bridgehead atoms. The van der Waals surface area contributed by atoms with Gasteiger partial charge in [0.25, 0.3) is 0 Å². The number of phosphoric acid groups is 2. The lowest BCUT2D eigenvalue weighted by molar-refractivity contribution is -0.0494. The molecule has 1 aliphatic heterocycles. The van der Waals surface area contributed by atoms with Crippen molar-refractivity contribution in [1.29, 1.82) is 0 Å². The molecule has 1 aromatic carbocycles. The summed E-state index contributed by atoms with van der Waals surface area (Å²) in [4.78, 5) is 46.4. The van der Waals surface area contributed by atoms with Crippen molar-refractivity contribution in [2.45, 2.75) is 24.5 Å². The molecule has 1 aliphatic rings. The van der Waals surface area contributed by atoms with E-state index < -0.39 is 60.5 Å². The molecule has 0 spiro atoms. The van der Waals surface area contributed by atoms with Crippen LogP contribution >= 0.6 is 23.4 Å². The third-order valence-corrected chi connectivity index (χ3v) is 9.71. The summed E-state index contributed by atoms with van der Waals surface area (Å²) in [6.45, 7) is -1.06. The summed E-state index contributed by atoms with van der Waals surface area (Å²) in [6, 6.07) is 4.75. The lowest BCUT2D eigenvalue weighted by Crippen LogP contribution is -2.33. The van der Waals surface area contributed by atoms with Crippen LogP contribution in [0.5, 0.6) is 0 Å². The Balaban J connectivity index is 1.42. The highest BCUT2D eigenvalue weighted by Crippen LogP contribution is 2.67. The summed E-state index contributed by atoms with van der Waals surface area (Å²) in [5.74, 6) is -0.517. The third-order valence-electron chi connectivity index (χ3n) is 5.33. The Morgan fingerprint density at radius 3 is 2.35 bits per heavy atom. The number of ether oxygens (including phenoxy) is 1. The monoisotopic (exact) mass is 664 g/mol. The number of rotatable bonds is 12. The van der Waals surface area contributed by atoms with Crippen LogP contribution in [0.15, 0.2) is 40.8 Å². The maximum atomic E-state index is 12.3. The summed E-state index contributed by atoms with van der Waals surface area (Å²) in [5, 5.41) is 29.6. The number of fused-ring (bicyclic) bond motifs is 1. The Bertz CT molecular complexity index is 1760. The number of benzene rings is 1. The topological polar surface area (TPSA) is 368 Å². The van der Waals surface area contributed by atoms with Gasteiger partial charge in [0.2, 0.25) is 5.95 Å². The van der Waals surface area contributed by atoms with Crippen LogP contribution < -0.4 is 10.8 Å². The van der Waals surface area contributed by atoms with Gasteiger partial charge in [0.05, 0.1) is 6.61 Å². The fourth-order valence-corrected chi connectivity index (χ4v) is 7.37. The lowest BCUT2D eigenvalue weighted by atomic mass is 10.1. The van der Waals surface area contributed by atoms with Crippen molar-refractivity contribution in [3.8, 4) is 0 Å². The number of hydrogen-bond acceptors (Lipinski definition) is 15. The molecule has 24 nitrogen and oxygen atoms in total. The quantitative estimate of drug-likeness (QED) is 0.0632. The standard InChI is InChI=1S/C16H19N12O12P3/c17-13-10-14(21-6-20-13)28(16(22-10)24-27-19)15-12(30)11(29)9(38-15)5-37-42(33,34)40-43(35,36)39-41(31,32)25-8-3-1-7(2-4-8)23-26-18/h1-4,6,9,11-12,15,29-30H,5H2,(H,33,34)(H,35,36)(H2,17,20,21)(H2,25,31,32)/t9-,11-,12-,15-/m1/s1. The minimum absolute atomic E-state index is 0.0392. The fourth-order valence-electron chi connectivity index (χ4n) is 3.65. The maximum absolute atomic E-state index is 12.3. The van der Waals surface area contributed by atoms with E-state index in [0.29, 0.717) is 0 Å². The molecule has 2 aromatic heterocycles. The van der Waals surface area contributed by atoms with E-state index in [9.17, 15) is 38.6 Å². The molecule has 1 saturated heterocycles. The van der Waals surface area contributed by atoms with Gasteiger partial charge in [0.15, 0.2) is 23.2 Å². The Morgan fingerprint density at radius 1 is 1.02 bits per heavy atom. The van der Waals surface area contributed by atoms with E-state index in [2.05, 4.69) is 48.1 Å². The zero-order valence-corrected chi connectivity index (χ0v) is 23.6. The van der Waals surface area contributed by atoms with Gasteiger partial charge in [0, 0.05) is 21.2 Å². The van der Waals surface area contributed by atoms with Crippen LogP contribution in [0.4, 0.5) is 23.1 Å². The number of aliphatic hydroxyl groups is 2. The fraction of sp³-hybridized carbons (Fsp3) is 0.312. The number of nitrogens with zero attached hydrogens (tertiary/aromatic N) is 10. The molecule has 27 heteroatoms. The average molecular weight is 664 g/mol. The van der Waals surface area contributed by atoms with Crippen LogP contribution in [0.3, 0.4) is 0 Å². The summed E-state index contributed by atoms with van der Waals surface area (Å²) in [6.07, 6.45) is -5.78. The van der Waals surface area contributed by atoms with Gasteiger partial charge in [-0.15, -0.1) is 0 Å². The van der Waals surface area contributed by atoms with Crippen LogP contribution in [0.1, 0.15) is 6.23 Å². The van der Waals surface area contributed by atoms with Crippen molar-refractivity contribution in [1.82, 2.24) is 19.5 Å². The van der Waals surface area contributed by atoms with E-state index in [1.54, 1.807) is 0 Å². The van der Waals surface area contributed by atoms with Gasteiger partial charge >= 0.3 is 23.4 Å². The first-order valence-electron chi connectivity index (χ1n) is 11.2. The second-order valence-electron chi connectivity index (χ2n) is 8.21. The summed E-state index contributed by atoms with van der Waals surface area (Å²) in [7, 11) is -16.6. The SMILES string of the molecule is [N-]=[N+]=Nc1ccc(NP(=O)(O)OP(=O)(O)OP(=O)(O)OC[C@H]2O[C@@H](n3c(N=[N+]=[N-])nc4c(N)ncnc43)[C@H](O)[C@@H]2O)cc1. The molecule has 0 saturated carbocycles. The molecule has 8 N–H and O–H groups in total. The Labute approximate surface area is 237 Å². The van der Waals surface area contributed by atoms with Crippen molar-refractivity contribution >= 4 is 57.7 Å². The zero-order chi connectivity index (χ0) is 31.6. The predicted octanol–water partition coefficient (Wildman–Crippen LogP) is 2.37. The summed E-state index contributed by atoms with van der Waals surface area (Å²) >= 11 is 0. The third kappa shape index (κ3) is 7.64. The normalized spacial score (nSPS) is 24.2. The number of aliphatic hydroxyl groups excluding tert-OH is 2. The van der Waals surface area contributed by atoms with Crippen LogP contribution in [0.25, 0.3) is 32.0 Å². The molecular weight excluding hydrogens is 645 g/mol. The molecular formula is C16H19N12O12P3.